The molecule has 0 atom stereocenters. The Kier molecular flexibility index (Phi) is 7.26. The van der Waals surface area contributed by atoms with Crippen molar-refractivity contribution in [1.29, 1.82) is 0 Å². The zero-order valence-corrected chi connectivity index (χ0v) is 10.7. The molecule has 0 radical (unpaired) electrons. The number of alkyl halides is 1. The summed E-state index contributed by atoms with van der Waals surface area (Å²) in [4.78, 5) is 1.23. The maximum Gasteiger partial charge on any atom is 0.0902 e. The molecule has 1 nitrogen and oxygen atoms in total. The minimum absolute atomic E-state index is 0.216. The van der Waals surface area contributed by atoms with Crippen LogP contribution in [0.2, 0.25) is 0 Å². The number of hydrogen-bond donors (Lipinski definition) is 1. The molecule has 0 fully saturated rings. The number of benzene rings is 1. The molecule has 0 bridgehead atoms. The number of thioether (sulfide) groups is 1. The first kappa shape index (κ1) is 13.5. The van der Waals surface area contributed by atoms with Gasteiger partial charge in [0, 0.05) is 17.2 Å². The number of nitrogens with one attached hydrogen (secondary N) is 1. The summed E-state index contributed by atoms with van der Waals surface area (Å²) in [5.74, 6) is 0.865. The third kappa shape index (κ3) is 5.52. The lowest BCUT2D eigenvalue weighted by atomic mass is 10.2. The highest BCUT2D eigenvalue weighted by Gasteiger charge is 1.95. The normalized spacial score (nSPS) is 10.6. The highest BCUT2D eigenvalue weighted by molar-refractivity contribution is 7.99. The summed E-state index contributed by atoms with van der Waals surface area (Å²) < 4.78 is 11.9. The molecule has 0 aliphatic carbocycles. The van der Waals surface area contributed by atoms with E-state index in [4.69, 9.17) is 0 Å². The molecule has 0 aromatic heterocycles. The third-order valence-electron chi connectivity index (χ3n) is 2.23. The van der Waals surface area contributed by atoms with Crippen LogP contribution in [0.5, 0.6) is 0 Å². The lowest BCUT2D eigenvalue weighted by Gasteiger charge is -2.04. The Labute approximate surface area is 102 Å². The van der Waals surface area contributed by atoms with Gasteiger partial charge in [-0.3, -0.25) is 4.39 Å². The summed E-state index contributed by atoms with van der Waals surface area (Å²) in [6.07, 6.45) is 1.81. The van der Waals surface area contributed by atoms with Gasteiger partial charge in [-0.15, -0.1) is 11.8 Å². The second kappa shape index (κ2) is 8.59. The topological polar surface area (TPSA) is 12.0 Å². The first-order valence-electron chi connectivity index (χ1n) is 5.85. The molecule has 0 saturated carbocycles. The van der Waals surface area contributed by atoms with Gasteiger partial charge in [0.25, 0.3) is 0 Å². The molecule has 1 N–H and O–H groups in total. The second-order valence-corrected chi connectivity index (χ2v) is 4.88. The SMILES string of the molecule is CCCNCc1ccc(SCCCF)cc1. The van der Waals surface area contributed by atoms with Crippen LogP contribution in [0.4, 0.5) is 4.39 Å². The average molecular weight is 241 g/mol. The van der Waals surface area contributed by atoms with E-state index in [0.717, 1.165) is 25.3 Å². The fourth-order valence-corrected chi connectivity index (χ4v) is 2.18. The van der Waals surface area contributed by atoms with Crippen molar-refractivity contribution in [2.75, 3.05) is 19.0 Å². The van der Waals surface area contributed by atoms with Gasteiger partial charge in [-0.05, 0) is 37.1 Å². The molecule has 1 rings (SSSR count). The largest absolute Gasteiger partial charge is 0.313 e. The van der Waals surface area contributed by atoms with Gasteiger partial charge in [0.2, 0.25) is 0 Å². The van der Waals surface area contributed by atoms with E-state index in [-0.39, 0.29) is 6.67 Å². The number of hydrogen-bond acceptors (Lipinski definition) is 2. The number of rotatable bonds is 8. The molecule has 0 spiro atoms. The maximum absolute atomic E-state index is 11.9. The predicted molar refractivity (Wildman–Crippen MR) is 69.8 cm³/mol. The molecular weight excluding hydrogens is 221 g/mol. The van der Waals surface area contributed by atoms with Crippen LogP contribution in [0, 0.1) is 0 Å². The van der Waals surface area contributed by atoms with E-state index in [2.05, 4.69) is 36.5 Å². The minimum Gasteiger partial charge on any atom is -0.313 e. The van der Waals surface area contributed by atoms with E-state index >= 15 is 0 Å². The van der Waals surface area contributed by atoms with Gasteiger partial charge < -0.3 is 5.32 Å². The van der Waals surface area contributed by atoms with Crippen LogP contribution >= 0.6 is 11.8 Å². The highest BCUT2D eigenvalue weighted by atomic mass is 32.2. The lowest BCUT2D eigenvalue weighted by Crippen LogP contribution is -2.13. The first-order valence-corrected chi connectivity index (χ1v) is 6.83. The molecular formula is C13H20FNS. The molecule has 3 heteroatoms. The van der Waals surface area contributed by atoms with Crippen molar-refractivity contribution in [3.05, 3.63) is 29.8 Å². The van der Waals surface area contributed by atoms with Gasteiger partial charge in [0.05, 0.1) is 6.67 Å². The summed E-state index contributed by atoms with van der Waals surface area (Å²) in [5, 5.41) is 3.37. The highest BCUT2D eigenvalue weighted by Crippen LogP contribution is 2.19. The Morgan fingerprint density at radius 3 is 2.62 bits per heavy atom. The van der Waals surface area contributed by atoms with E-state index in [0.29, 0.717) is 6.42 Å². The monoisotopic (exact) mass is 241 g/mol. The fourth-order valence-electron chi connectivity index (χ4n) is 1.36. The van der Waals surface area contributed by atoms with Crippen LogP contribution in [0.15, 0.2) is 29.2 Å². The molecule has 0 amide bonds. The van der Waals surface area contributed by atoms with Crippen molar-refractivity contribution >= 4 is 11.8 Å². The van der Waals surface area contributed by atoms with Crippen molar-refractivity contribution in [3.8, 4) is 0 Å². The van der Waals surface area contributed by atoms with Crippen molar-refractivity contribution in [3.63, 3.8) is 0 Å². The third-order valence-corrected chi connectivity index (χ3v) is 3.32. The second-order valence-electron chi connectivity index (χ2n) is 3.71. The van der Waals surface area contributed by atoms with Crippen LogP contribution in [0.3, 0.4) is 0 Å². The van der Waals surface area contributed by atoms with Gasteiger partial charge >= 0.3 is 0 Å². The van der Waals surface area contributed by atoms with E-state index in [1.807, 2.05) is 0 Å². The van der Waals surface area contributed by atoms with Gasteiger partial charge in [0.15, 0.2) is 0 Å². The molecule has 1 aromatic rings. The summed E-state index contributed by atoms with van der Waals surface area (Å²) in [6, 6.07) is 8.51. The first-order chi connectivity index (χ1) is 7.86. The van der Waals surface area contributed by atoms with Gasteiger partial charge in [-0.2, -0.15) is 0 Å². The van der Waals surface area contributed by atoms with Crippen molar-refractivity contribution < 1.29 is 4.39 Å². The molecule has 0 unspecified atom stereocenters. The summed E-state index contributed by atoms with van der Waals surface area (Å²) in [7, 11) is 0. The summed E-state index contributed by atoms with van der Waals surface area (Å²) >= 11 is 1.72. The van der Waals surface area contributed by atoms with E-state index < -0.39 is 0 Å². The Hall–Kier alpha value is -0.540. The van der Waals surface area contributed by atoms with Gasteiger partial charge in [-0.25, -0.2) is 0 Å². The molecule has 16 heavy (non-hydrogen) atoms. The van der Waals surface area contributed by atoms with Crippen LogP contribution in [0.1, 0.15) is 25.3 Å². The van der Waals surface area contributed by atoms with Crippen LogP contribution in [-0.4, -0.2) is 19.0 Å². The van der Waals surface area contributed by atoms with E-state index in [1.165, 1.54) is 10.5 Å². The zero-order chi connectivity index (χ0) is 11.6. The van der Waals surface area contributed by atoms with Crippen molar-refractivity contribution in [2.45, 2.75) is 31.2 Å². The summed E-state index contributed by atoms with van der Waals surface area (Å²) in [6.45, 7) is 3.94. The Bertz CT molecular complexity index is 245. The zero-order valence-electron chi connectivity index (χ0n) is 9.84. The molecule has 0 heterocycles. The Balaban J connectivity index is 2.30. The summed E-state index contributed by atoms with van der Waals surface area (Å²) in [5.41, 5.74) is 1.31. The Morgan fingerprint density at radius 2 is 2.00 bits per heavy atom. The van der Waals surface area contributed by atoms with E-state index in [9.17, 15) is 4.39 Å². The van der Waals surface area contributed by atoms with Crippen LogP contribution in [-0.2, 0) is 6.54 Å². The molecule has 0 aliphatic heterocycles. The molecule has 1 aromatic carbocycles. The standard InChI is InChI=1S/C13H20FNS/c1-2-9-15-11-12-4-6-13(7-5-12)16-10-3-8-14/h4-7,15H,2-3,8-11H2,1H3. The Morgan fingerprint density at radius 1 is 1.25 bits per heavy atom. The average Bonchev–Trinajstić information content (AvgIpc) is 2.32. The number of halogens is 1. The molecule has 90 valence electrons. The van der Waals surface area contributed by atoms with Gasteiger partial charge in [0.1, 0.15) is 0 Å². The molecule has 0 saturated heterocycles. The van der Waals surface area contributed by atoms with E-state index in [1.54, 1.807) is 11.8 Å². The smallest absolute Gasteiger partial charge is 0.0902 e. The van der Waals surface area contributed by atoms with Crippen LogP contribution in [0.25, 0.3) is 0 Å². The molecule has 0 aliphatic rings. The quantitative estimate of drug-likeness (QED) is 0.551. The van der Waals surface area contributed by atoms with Gasteiger partial charge in [-0.1, -0.05) is 19.1 Å². The lowest BCUT2D eigenvalue weighted by molar-refractivity contribution is 0.489. The fraction of sp³-hybridized carbons (Fsp3) is 0.538. The maximum atomic E-state index is 11.9. The predicted octanol–water partition coefficient (Wildman–Crippen LogP) is 3.64. The minimum atomic E-state index is -0.216. The van der Waals surface area contributed by atoms with Crippen molar-refractivity contribution in [2.24, 2.45) is 0 Å². The van der Waals surface area contributed by atoms with Crippen molar-refractivity contribution in [1.82, 2.24) is 5.32 Å². The van der Waals surface area contributed by atoms with Crippen LogP contribution < -0.4 is 5.32 Å².